The molecule has 0 unspecified atom stereocenters. The van der Waals surface area contributed by atoms with E-state index >= 15 is 0 Å². The van der Waals surface area contributed by atoms with Crippen molar-refractivity contribution in [1.82, 2.24) is 5.32 Å². The number of nitrogens with one attached hydrogen (secondary N) is 1. The molecule has 1 aromatic carbocycles. The topological polar surface area (TPSA) is 81.7 Å². The van der Waals surface area contributed by atoms with Gasteiger partial charge in [-0.15, -0.1) is 0 Å². The Kier molecular flexibility index (Phi) is 12.2. The Labute approximate surface area is 205 Å². The quantitative estimate of drug-likeness (QED) is 0.163. The van der Waals surface area contributed by atoms with Gasteiger partial charge in [-0.05, 0) is 37.5 Å². The normalized spacial score (nSPS) is 13.1. The van der Waals surface area contributed by atoms with Crippen LogP contribution in [0.2, 0.25) is 0 Å². The van der Waals surface area contributed by atoms with Gasteiger partial charge in [0.05, 0.1) is 38.5 Å². The summed E-state index contributed by atoms with van der Waals surface area (Å²) in [5, 5.41) is 2.17. The van der Waals surface area contributed by atoms with Gasteiger partial charge in [0.1, 0.15) is 5.75 Å². The fraction of sp³-hybridized carbons (Fsp3) is 0.625. The number of benzene rings is 1. The van der Waals surface area contributed by atoms with Crippen molar-refractivity contribution in [2.45, 2.75) is 82.6 Å². The minimum absolute atomic E-state index is 0.0399. The van der Waals surface area contributed by atoms with E-state index in [1.807, 2.05) is 0 Å². The van der Waals surface area contributed by atoms with Gasteiger partial charge in [-0.3, -0.25) is 14.4 Å². The number of hydrogen-bond donors (Lipinski definition) is 1. The highest BCUT2D eigenvalue weighted by Crippen LogP contribution is 2.39. The Hall–Kier alpha value is -2.79. The molecule has 1 rings (SSSR count). The zero-order valence-corrected chi connectivity index (χ0v) is 20.1. The summed E-state index contributed by atoms with van der Waals surface area (Å²) >= 11 is 0. The number of rotatable bonds is 18. The van der Waals surface area contributed by atoms with Crippen LogP contribution in [-0.2, 0) is 25.5 Å². The van der Waals surface area contributed by atoms with Crippen LogP contribution in [0.1, 0.15) is 57.9 Å². The Morgan fingerprint density at radius 2 is 1.64 bits per heavy atom. The molecule has 1 aromatic rings. The largest absolute Gasteiger partial charge is 0.493 e. The Balaban J connectivity index is 2.77. The molecule has 0 saturated heterocycles. The summed E-state index contributed by atoms with van der Waals surface area (Å²) < 4.78 is 91.1. The maximum absolute atomic E-state index is 14.1. The second-order valence-electron chi connectivity index (χ2n) is 8.67. The number of Topliss-reactive ketones (excluding diaryl/α,β-unsaturated/α-hetero) is 1. The number of ketones is 1. The maximum Gasteiger partial charge on any atom is 0.293 e. The maximum atomic E-state index is 14.1. The highest BCUT2D eigenvalue weighted by Gasteiger charge is 2.48. The fourth-order valence-electron chi connectivity index (χ4n) is 3.44. The Morgan fingerprint density at radius 3 is 2.19 bits per heavy atom. The number of amides is 1. The summed E-state index contributed by atoms with van der Waals surface area (Å²) in [6, 6.07) is 5.23. The van der Waals surface area contributed by atoms with Gasteiger partial charge < -0.3 is 14.8 Å². The van der Waals surface area contributed by atoms with E-state index in [0.717, 1.165) is 0 Å². The molecule has 0 aromatic heterocycles. The summed E-state index contributed by atoms with van der Waals surface area (Å²) in [7, 11) is 0. The zero-order valence-electron chi connectivity index (χ0n) is 20.1. The van der Waals surface area contributed by atoms with Crippen LogP contribution in [0.25, 0.3) is 0 Å². The first kappa shape index (κ1) is 31.2. The minimum Gasteiger partial charge on any atom is -0.493 e. The monoisotopic (exact) mass is 527 g/mol. The fourth-order valence-corrected chi connectivity index (χ4v) is 3.44. The molecule has 0 saturated carbocycles. The highest BCUT2D eigenvalue weighted by atomic mass is 19.3. The van der Waals surface area contributed by atoms with Gasteiger partial charge in [0.2, 0.25) is 5.91 Å². The molecular weight excluding hydrogens is 496 g/mol. The molecule has 1 amide bonds. The van der Waals surface area contributed by atoms with Crippen molar-refractivity contribution < 1.29 is 50.2 Å². The molecule has 0 heterocycles. The smallest absolute Gasteiger partial charge is 0.293 e. The summed E-state index contributed by atoms with van der Waals surface area (Å²) in [5.41, 5.74) is 0.574. The first-order valence-electron chi connectivity index (χ1n) is 11.4. The number of carbonyl (C=O) groups is 3. The molecule has 204 valence electrons. The summed E-state index contributed by atoms with van der Waals surface area (Å²) in [6.45, 7) is 2.71. The third kappa shape index (κ3) is 13.3. The summed E-state index contributed by atoms with van der Waals surface area (Å²) in [4.78, 5) is 34.7. The van der Waals surface area contributed by atoms with E-state index < -0.39 is 54.8 Å². The second-order valence-corrected chi connectivity index (χ2v) is 8.67. The van der Waals surface area contributed by atoms with Crippen LogP contribution in [0.5, 0.6) is 5.75 Å². The van der Waals surface area contributed by atoms with Gasteiger partial charge in [0.25, 0.3) is 24.2 Å². The van der Waals surface area contributed by atoms with Crippen LogP contribution in [0.3, 0.4) is 0 Å². The van der Waals surface area contributed by atoms with Crippen molar-refractivity contribution in [3.8, 4) is 5.75 Å². The standard InChI is InChI=1S/C24H31F6NO5/c1-3-5-20(33)19(12-17-6-8-18(9-7-17)36-11-4-10-35-16-32)31-21(34)13-23(27,28)15-24(29,30)14-22(2,25)26/h6-9,16,19H,3-5,10-15H2,1-2H3,(H,31,34)/t19-/m0/s1. The van der Waals surface area contributed by atoms with Gasteiger partial charge >= 0.3 is 0 Å². The van der Waals surface area contributed by atoms with Crippen LogP contribution < -0.4 is 10.1 Å². The molecule has 36 heavy (non-hydrogen) atoms. The predicted molar refractivity (Wildman–Crippen MR) is 118 cm³/mol. The lowest BCUT2D eigenvalue weighted by Gasteiger charge is -2.25. The highest BCUT2D eigenvalue weighted by molar-refractivity contribution is 5.89. The van der Waals surface area contributed by atoms with E-state index in [1.165, 1.54) is 0 Å². The van der Waals surface area contributed by atoms with Crippen molar-refractivity contribution in [2.75, 3.05) is 13.2 Å². The number of alkyl halides is 6. The first-order chi connectivity index (χ1) is 16.7. The molecule has 0 spiro atoms. The lowest BCUT2D eigenvalue weighted by Crippen LogP contribution is -2.45. The SMILES string of the molecule is CCCC(=O)[C@H](Cc1ccc(OCCCOC=O)cc1)NC(=O)CC(F)(F)CC(F)(F)CC(C)(F)F. The Morgan fingerprint density at radius 1 is 1.00 bits per heavy atom. The van der Waals surface area contributed by atoms with Gasteiger partial charge in [-0.25, -0.2) is 26.3 Å². The lowest BCUT2D eigenvalue weighted by atomic mass is 9.98. The number of ether oxygens (including phenoxy) is 2. The predicted octanol–water partition coefficient (Wildman–Crippen LogP) is 5.12. The van der Waals surface area contributed by atoms with E-state index in [1.54, 1.807) is 31.2 Å². The third-order valence-electron chi connectivity index (χ3n) is 4.83. The van der Waals surface area contributed by atoms with Crippen LogP contribution >= 0.6 is 0 Å². The van der Waals surface area contributed by atoms with E-state index in [4.69, 9.17) is 4.74 Å². The van der Waals surface area contributed by atoms with E-state index in [2.05, 4.69) is 10.1 Å². The summed E-state index contributed by atoms with van der Waals surface area (Å²) in [5.74, 6) is -13.8. The van der Waals surface area contributed by atoms with Crippen molar-refractivity contribution >= 4 is 18.2 Å². The van der Waals surface area contributed by atoms with Gasteiger partial charge in [0.15, 0.2) is 5.78 Å². The molecule has 1 atom stereocenters. The van der Waals surface area contributed by atoms with Crippen LogP contribution in [0, 0.1) is 0 Å². The average Bonchev–Trinajstić information content (AvgIpc) is 2.71. The number of hydrogen-bond acceptors (Lipinski definition) is 5. The molecule has 0 fully saturated rings. The minimum atomic E-state index is -4.38. The second kappa shape index (κ2) is 14.1. The van der Waals surface area contributed by atoms with Gasteiger partial charge in [-0.2, -0.15) is 0 Å². The average molecular weight is 528 g/mol. The molecule has 0 aliphatic heterocycles. The zero-order chi connectivity index (χ0) is 27.4. The lowest BCUT2D eigenvalue weighted by molar-refractivity contribution is -0.158. The van der Waals surface area contributed by atoms with E-state index in [9.17, 15) is 40.7 Å². The molecule has 1 N–H and O–H groups in total. The van der Waals surface area contributed by atoms with Crippen molar-refractivity contribution in [1.29, 1.82) is 0 Å². The molecule has 0 bridgehead atoms. The van der Waals surface area contributed by atoms with Crippen LogP contribution in [-0.4, -0.2) is 55.2 Å². The van der Waals surface area contributed by atoms with E-state index in [-0.39, 0.29) is 33.0 Å². The van der Waals surface area contributed by atoms with E-state index in [0.29, 0.717) is 30.6 Å². The first-order valence-corrected chi connectivity index (χ1v) is 11.4. The van der Waals surface area contributed by atoms with Gasteiger partial charge in [0, 0.05) is 12.8 Å². The third-order valence-corrected chi connectivity index (χ3v) is 4.83. The number of carbonyl (C=O) groups excluding carboxylic acids is 3. The van der Waals surface area contributed by atoms with Gasteiger partial charge in [-0.1, -0.05) is 19.1 Å². The molecule has 0 radical (unpaired) electrons. The molecule has 6 nitrogen and oxygen atoms in total. The molecule has 12 heteroatoms. The Bertz CT molecular complexity index is 842. The summed E-state index contributed by atoms with van der Waals surface area (Å²) in [6.07, 6.45) is -5.05. The van der Waals surface area contributed by atoms with Crippen molar-refractivity contribution in [2.24, 2.45) is 0 Å². The van der Waals surface area contributed by atoms with Crippen LogP contribution in [0.15, 0.2) is 24.3 Å². The van der Waals surface area contributed by atoms with Crippen LogP contribution in [0.4, 0.5) is 26.3 Å². The van der Waals surface area contributed by atoms with Crippen molar-refractivity contribution in [3.63, 3.8) is 0 Å². The molecule has 0 aliphatic carbocycles. The molecule has 0 aliphatic rings. The number of halogens is 6. The molecular formula is C24H31F6NO5. The van der Waals surface area contributed by atoms with Crippen molar-refractivity contribution in [3.05, 3.63) is 29.8 Å².